The largest absolute Gasteiger partial charge is 0.493 e. The van der Waals surface area contributed by atoms with Gasteiger partial charge in [-0.2, -0.15) is 0 Å². The lowest BCUT2D eigenvalue weighted by molar-refractivity contribution is -0.123. The van der Waals surface area contributed by atoms with Crippen molar-refractivity contribution in [2.24, 2.45) is 0 Å². The first-order valence-corrected chi connectivity index (χ1v) is 8.08. The van der Waals surface area contributed by atoms with E-state index in [9.17, 15) is 14.3 Å². The van der Waals surface area contributed by atoms with E-state index in [4.69, 9.17) is 4.74 Å². The van der Waals surface area contributed by atoms with E-state index in [0.717, 1.165) is 24.2 Å². The summed E-state index contributed by atoms with van der Waals surface area (Å²) in [6.45, 7) is 0.620. The van der Waals surface area contributed by atoms with Crippen molar-refractivity contribution in [2.75, 3.05) is 6.61 Å². The molecule has 1 heterocycles. The Morgan fingerprint density at radius 3 is 2.96 bits per heavy atom. The molecule has 2 aromatic rings. The van der Waals surface area contributed by atoms with E-state index >= 15 is 0 Å². The number of carbonyl (C=O) groups excluding carboxylic acids is 1. The van der Waals surface area contributed by atoms with Gasteiger partial charge in [-0.15, -0.1) is 0 Å². The van der Waals surface area contributed by atoms with E-state index < -0.39 is 11.9 Å². The van der Waals surface area contributed by atoms with Crippen LogP contribution in [0.2, 0.25) is 0 Å². The molecule has 0 aliphatic carbocycles. The number of nitrogens with one attached hydrogen (secondary N) is 1. The lowest BCUT2D eigenvalue weighted by Gasteiger charge is -2.19. The first-order valence-electron chi connectivity index (χ1n) is 8.08. The Labute approximate surface area is 140 Å². The van der Waals surface area contributed by atoms with Gasteiger partial charge >= 0.3 is 0 Å². The summed E-state index contributed by atoms with van der Waals surface area (Å²) in [5.74, 6) is 0.0845. The third-order valence-corrected chi connectivity index (χ3v) is 4.14. The number of hydrogen-bond acceptors (Lipinski definition) is 3. The summed E-state index contributed by atoms with van der Waals surface area (Å²) in [7, 11) is 0. The fraction of sp³-hybridized carbons (Fsp3) is 0.316. The van der Waals surface area contributed by atoms with Crippen LogP contribution in [0, 0.1) is 5.82 Å². The second-order valence-corrected chi connectivity index (χ2v) is 5.92. The van der Waals surface area contributed by atoms with Gasteiger partial charge in [0.2, 0.25) is 5.91 Å². The number of aliphatic hydroxyl groups excluding tert-OH is 1. The van der Waals surface area contributed by atoms with Crippen molar-refractivity contribution in [2.45, 2.75) is 31.4 Å². The van der Waals surface area contributed by atoms with Crippen molar-refractivity contribution in [1.82, 2.24) is 5.32 Å². The zero-order chi connectivity index (χ0) is 16.9. The molecule has 1 aliphatic rings. The zero-order valence-corrected chi connectivity index (χ0v) is 13.2. The van der Waals surface area contributed by atoms with Crippen molar-refractivity contribution in [3.05, 3.63) is 65.5 Å². The molecule has 0 spiro atoms. The molecule has 0 bridgehead atoms. The van der Waals surface area contributed by atoms with E-state index in [0.29, 0.717) is 12.2 Å². The molecular formula is C19H20FNO3. The van der Waals surface area contributed by atoms with Crippen LogP contribution in [0.3, 0.4) is 0 Å². The second-order valence-electron chi connectivity index (χ2n) is 5.92. The quantitative estimate of drug-likeness (QED) is 0.905. The average Bonchev–Trinajstić information content (AvgIpc) is 2.77. The van der Waals surface area contributed by atoms with Crippen molar-refractivity contribution in [1.29, 1.82) is 0 Å². The number of halogens is 1. The van der Waals surface area contributed by atoms with Crippen molar-refractivity contribution >= 4 is 5.91 Å². The minimum Gasteiger partial charge on any atom is -0.493 e. The summed E-state index contributed by atoms with van der Waals surface area (Å²) >= 11 is 0. The number of amides is 1. The lowest BCUT2D eigenvalue weighted by Crippen LogP contribution is -2.29. The molecule has 24 heavy (non-hydrogen) atoms. The molecule has 5 heteroatoms. The molecule has 0 saturated heterocycles. The number of carbonyl (C=O) groups is 1. The van der Waals surface area contributed by atoms with Crippen molar-refractivity contribution in [3.63, 3.8) is 0 Å². The fourth-order valence-electron chi connectivity index (χ4n) is 2.94. The van der Waals surface area contributed by atoms with Crippen LogP contribution in [0.1, 0.15) is 42.5 Å². The minimum absolute atomic E-state index is 0.108. The smallest absolute Gasteiger partial charge is 0.223 e. The van der Waals surface area contributed by atoms with Gasteiger partial charge in [0.15, 0.2) is 0 Å². The molecule has 2 aromatic carbocycles. The van der Waals surface area contributed by atoms with Gasteiger partial charge in [0.05, 0.1) is 25.2 Å². The summed E-state index contributed by atoms with van der Waals surface area (Å²) < 4.78 is 18.9. The first-order chi connectivity index (χ1) is 11.6. The van der Waals surface area contributed by atoms with Crippen molar-refractivity contribution < 1.29 is 19.0 Å². The standard InChI is InChI=1S/C19H20FNO3/c20-14-6-3-5-13(11-14)17(22)12-19(23)21-16-8-4-10-24-18-9-2-1-7-15(16)18/h1-3,5-7,9,11,16-17,22H,4,8,10,12H2,(H,21,23). The van der Waals surface area contributed by atoms with Crippen LogP contribution in [-0.4, -0.2) is 17.6 Å². The van der Waals surface area contributed by atoms with Gasteiger partial charge in [-0.3, -0.25) is 4.79 Å². The van der Waals surface area contributed by atoms with Gasteiger partial charge in [0, 0.05) is 5.56 Å². The van der Waals surface area contributed by atoms with Crippen LogP contribution in [0.15, 0.2) is 48.5 Å². The second kappa shape index (κ2) is 7.45. The number of ether oxygens (including phenoxy) is 1. The molecule has 0 radical (unpaired) electrons. The normalized spacial score (nSPS) is 18.0. The summed E-state index contributed by atoms with van der Waals surface area (Å²) in [4.78, 5) is 12.3. The van der Waals surface area contributed by atoms with E-state index in [-0.39, 0.29) is 18.4 Å². The Kier molecular flexibility index (Phi) is 5.11. The Morgan fingerprint density at radius 1 is 1.29 bits per heavy atom. The molecule has 2 atom stereocenters. The number of aliphatic hydroxyl groups is 1. The van der Waals surface area contributed by atoms with Gasteiger partial charge < -0.3 is 15.2 Å². The lowest BCUT2D eigenvalue weighted by atomic mass is 10.0. The number of fused-ring (bicyclic) bond motifs is 1. The molecule has 4 nitrogen and oxygen atoms in total. The SMILES string of the molecule is O=C(CC(O)c1cccc(F)c1)NC1CCCOc2ccccc21. The van der Waals surface area contributed by atoms with Crippen LogP contribution in [0.5, 0.6) is 5.75 Å². The van der Waals surface area contributed by atoms with Crippen LogP contribution < -0.4 is 10.1 Å². The average molecular weight is 329 g/mol. The molecule has 2 N–H and O–H groups in total. The number of hydrogen-bond donors (Lipinski definition) is 2. The van der Waals surface area contributed by atoms with Gasteiger partial charge in [0.1, 0.15) is 11.6 Å². The summed E-state index contributed by atoms with van der Waals surface area (Å²) in [6.07, 6.45) is 0.478. The van der Waals surface area contributed by atoms with Gasteiger partial charge in [-0.1, -0.05) is 30.3 Å². The highest BCUT2D eigenvalue weighted by molar-refractivity contribution is 5.77. The maximum atomic E-state index is 13.2. The number of benzene rings is 2. The third-order valence-electron chi connectivity index (χ3n) is 4.14. The van der Waals surface area contributed by atoms with Crippen LogP contribution in [0.25, 0.3) is 0 Å². The highest BCUT2D eigenvalue weighted by atomic mass is 19.1. The van der Waals surface area contributed by atoms with E-state index in [1.165, 1.54) is 18.2 Å². The zero-order valence-electron chi connectivity index (χ0n) is 13.2. The van der Waals surface area contributed by atoms with E-state index in [2.05, 4.69) is 5.32 Å². The van der Waals surface area contributed by atoms with Crippen LogP contribution in [0.4, 0.5) is 4.39 Å². The summed E-state index contributed by atoms with van der Waals surface area (Å²) in [5, 5.41) is 13.1. The highest BCUT2D eigenvalue weighted by Crippen LogP contribution is 2.31. The Morgan fingerprint density at radius 2 is 2.12 bits per heavy atom. The maximum absolute atomic E-state index is 13.2. The molecular weight excluding hydrogens is 309 g/mol. The minimum atomic E-state index is -1.03. The van der Waals surface area contributed by atoms with Crippen molar-refractivity contribution in [3.8, 4) is 5.75 Å². The van der Waals surface area contributed by atoms with Crippen LogP contribution in [-0.2, 0) is 4.79 Å². The van der Waals surface area contributed by atoms with E-state index in [1.807, 2.05) is 24.3 Å². The fourth-order valence-corrected chi connectivity index (χ4v) is 2.94. The number of para-hydroxylation sites is 1. The van der Waals surface area contributed by atoms with Gasteiger partial charge in [-0.25, -0.2) is 4.39 Å². The molecule has 0 aromatic heterocycles. The predicted molar refractivity (Wildman–Crippen MR) is 88.0 cm³/mol. The van der Waals surface area contributed by atoms with Crippen LogP contribution >= 0.6 is 0 Å². The Balaban J connectivity index is 1.66. The Hall–Kier alpha value is -2.40. The number of rotatable bonds is 4. The van der Waals surface area contributed by atoms with E-state index in [1.54, 1.807) is 6.07 Å². The monoisotopic (exact) mass is 329 g/mol. The molecule has 126 valence electrons. The molecule has 2 unspecified atom stereocenters. The molecule has 0 fully saturated rings. The molecule has 1 aliphatic heterocycles. The summed E-state index contributed by atoms with van der Waals surface area (Å²) in [5.41, 5.74) is 1.35. The maximum Gasteiger partial charge on any atom is 0.223 e. The summed E-state index contributed by atoms with van der Waals surface area (Å²) in [6, 6.07) is 13.2. The van der Waals surface area contributed by atoms with Gasteiger partial charge in [0.25, 0.3) is 0 Å². The van der Waals surface area contributed by atoms with Gasteiger partial charge in [-0.05, 0) is 36.6 Å². The first kappa shape index (κ1) is 16.5. The highest BCUT2D eigenvalue weighted by Gasteiger charge is 2.22. The predicted octanol–water partition coefficient (Wildman–Crippen LogP) is 3.28. The molecule has 3 rings (SSSR count). The molecule has 1 amide bonds. The third kappa shape index (κ3) is 3.92. The Bertz CT molecular complexity index is 719. The molecule has 0 saturated carbocycles. The topological polar surface area (TPSA) is 58.6 Å².